The number of aromatic nitrogens is 3. The van der Waals surface area contributed by atoms with Crippen molar-refractivity contribution in [2.75, 3.05) is 13.7 Å². The fraction of sp³-hybridized carbons (Fsp3) is 0.385. The Bertz CT molecular complexity index is 576. The van der Waals surface area contributed by atoms with Crippen molar-refractivity contribution in [2.45, 2.75) is 23.9 Å². The summed E-state index contributed by atoms with van der Waals surface area (Å²) >= 11 is 1.33. The summed E-state index contributed by atoms with van der Waals surface area (Å²) in [4.78, 5) is 0. The van der Waals surface area contributed by atoms with Crippen molar-refractivity contribution in [3.63, 3.8) is 0 Å². The highest BCUT2D eigenvalue weighted by atomic mass is 32.2. The largest absolute Gasteiger partial charge is 0.383 e. The van der Waals surface area contributed by atoms with E-state index in [1.165, 1.54) is 17.8 Å². The van der Waals surface area contributed by atoms with Crippen LogP contribution in [0.4, 0.5) is 8.78 Å². The number of hydrogen-bond donors (Lipinski definition) is 0. The van der Waals surface area contributed by atoms with Gasteiger partial charge < -0.3 is 9.30 Å². The number of nitrogens with zero attached hydrogens (tertiary/aromatic N) is 3. The Balaban J connectivity index is 2.13. The van der Waals surface area contributed by atoms with E-state index >= 15 is 0 Å². The van der Waals surface area contributed by atoms with E-state index < -0.39 is 11.6 Å². The minimum atomic E-state index is -0.449. The average molecular weight is 299 g/mol. The summed E-state index contributed by atoms with van der Waals surface area (Å²) in [6.07, 6.45) is 1.59. The second-order valence-corrected chi connectivity index (χ2v) is 5.53. The maximum Gasteiger partial charge on any atom is 0.191 e. The molecule has 0 fully saturated rings. The number of benzene rings is 1. The molecule has 0 aliphatic carbocycles. The predicted octanol–water partition coefficient (Wildman–Crippen LogP) is 3.06. The minimum Gasteiger partial charge on any atom is -0.383 e. The van der Waals surface area contributed by atoms with Crippen LogP contribution in [0.3, 0.4) is 0 Å². The van der Waals surface area contributed by atoms with Gasteiger partial charge in [-0.15, -0.1) is 10.2 Å². The van der Waals surface area contributed by atoms with E-state index in [-0.39, 0.29) is 5.25 Å². The topological polar surface area (TPSA) is 39.9 Å². The molecular weight excluding hydrogens is 284 g/mol. The first-order valence-electron chi connectivity index (χ1n) is 6.10. The fourth-order valence-electron chi connectivity index (χ4n) is 1.73. The molecule has 0 spiro atoms. The van der Waals surface area contributed by atoms with Crippen LogP contribution < -0.4 is 0 Å². The van der Waals surface area contributed by atoms with E-state index in [9.17, 15) is 8.78 Å². The fourth-order valence-corrected chi connectivity index (χ4v) is 2.72. The molecule has 1 unspecified atom stereocenters. The second kappa shape index (κ2) is 6.81. The Kier molecular flexibility index (Phi) is 5.08. The molecule has 0 saturated heterocycles. The maximum absolute atomic E-state index is 13.7. The molecule has 4 nitrogen and oxygen atoms in total. The Morgan fingerprint density at radius 3 is 2.95 bits per heavy atom. The van der Waals surface area contributed by atoms with Gasteiger partial charge in [-0.25, -0.2) is 8.78 Å². The van der Waals surface area contributed by atoms with Crippen molar-refractivity contribution >= 4 is 11.8 Å². The van der Waals surface area contributed by atoms with Crippen LogP contribution in [0.1, 0.15) is 17.7 Å². The lowest BCUT2D eigenvalue weighted by Gasteiger charge is -2.13. The molecular formula is C13H15F2N3OS. The lowest BCUT2D eigenvalue weighted by atomic mass is 10.1. The molecule has 0 radical (unpaired) electrons. The van der Waals surface area contributed by atoms with Crippen molar-refractivity contribution in [1.82, 2.24) is 14.8 Å². The van der Waals surface area contributed by atoms with Crippen molar-refractivity contribution in [2.24, 2.45) is 0 Å². The summed E-state index contributed by atoms with van der Waals surface area (Å²) in [7, 11) is 1.61. The van der Waals surface area contributed by atoms with E-state index in [0.29, 0.717) is 23.9 Å². The third kappa shape index (κ3) is 3.55. The first kappa shape index (κ1) is 14.9. The zero-order valence-electron chi connectivity index (χ0n) is 11.2. The van der Waals surface area contributed by atoms with Gasteiger partial charge in [0.15, 0.2) is 5.16 Å². The minimum absolute atomic E-state index is 0.267. The van der Waals surface area contributed by atoms with E-state index in [4.69, 9.17) is 4.74 Å². The summed E-state index contributed by atoms with van der Waals surface area (Å²) in [5, 5.41) is 8.21. The highest BCUT2D eigenvalue weighted by Gasteiger charge is 2.16. The normalized spacial score (nSPS) is 12.6. The average Bonchev–Trinajstić information content (AvgIpc) is 2.86. The molecule has 108 valence electrons. The van der Waals surface area contributed by atoms with E-state index in [1.807, 2.05) is 4.57 Å². The Morgan fingerprint density at radius 2 is 2.20 bits per heavy atom. The van der Waals surface area contributed by atoms with Gasteiger partial charge in [0.1, 0.15) is 18.0 Å². The predicted molar refractivity (Wildman–Crippen MR) is 72.5 cm³/mol. The molecule has 0 N–H and O–H groups in total. The van der Waals surface area contributed by atoms with Crippen LogP contribution in [0.2, 0.25) is 0 Å². The third-order valence-corrected chi connectivity index (χ3v) is 3.93. The molecule has 0 aliphatic heterocycles. The lowest BCUT2D eigenvalue weighted by Crippen LogP contribution is -2.05. The Hall–Kier alpha value is -1.47. The number of hydrogen-bond acceptors (Lipinski definition) is 4. The Labute approximate surface area is 120 Å². The highest BCUT2D eigenvalue weighted by molar-refractivity contribution is 7.99. The number of halogens is 2. The van der Waals surface area contributed by atoms with Gasteiger partial charge in [0.25, 0.3) is 0 Å². The van der Waals surface area contributed by atoms with Gasteiger partial charge >= 0.3 is 0 Å². The van der Waals surface area contributed by atoms with E-state index in [1.54, 1.807) is 20.4 Å². The molecule has 2 rings (SSSR count). The van der Waals surface area contributed by atoms with Crippen molar-refractivity contribution in [3.05, 3.63) is 41.7 Å². The van der Waals surface area contributed by atoms with Gasteiger partial charge in [-0.2, -0.15) is 0 Å². The van der Waals surface area contributed by atoms with Gasteiger partial charge in [0, 0.05) is 24.5 Å². The third-order valence-electron chi connectivity index (χ3n) is 2.79. The monoisotopic (exact) mass is 299 g/mol. The number of rotatable bonds is 6. The number of thioether (sulfide) groups is 1. The quantitative estimate of drug-likeness (QED) is 0.769. The van der Waals surface area contributed by atoms with Crippen LogP contribution in [0, 0.1) is 11.6 Å². The summed E-state index contributed by atoms with van der Waals surface area (Å²) in [6.45, 7) is 2.95. The summed E-state index contributed by atoms with van der Waals surface area (Å²) in [6, 6.07) is 3.46. The van der Waals surface area contributed by atoms with Crippen LogP contribution in [0.25, 0.3) is 0 Å². The summed E-state index contributed by atoms with van der Waals surface area (Å²) in [5.74, 6) is -0.871. The number of ether oxygens (including phenoxy) is 1. The zero-order chi connectivity index (χ0) is 14.5. The maximum atomic E-state index is 13.7. The van der Waals surface area contributed by atoms with Gasteiger partial charge in [-0.1, -0.05) is 11.8 Å². The van der Waals surface area contributed by atoms with Gasteiger partial charge in [0.2, 0.25) is 0 Å². The molecule has 1 aromatic heterocycles. The standard InChI is InChI=1S/C13H15F2N3OS/c1-9(11-7-10(14)3-4-12(11)15)20-13-17-16-8-18(13)5-6-19-2/h3-4,7-9H,5-6H2,1-2H3. The van der Waals surface area contributed by atoms with Crippen LogP contribution >= 0.6 is 11.8 Å². The molecule has 0 amide bonds. The first-order valence-corrected chi connectivity index (χ1v) is 6.98. The van der Waals surface area contributed by atoms with Gasteiger partial charge in [0.05, 0.1) is 6.61 Å². The van der Waals surface area contributed by atoms with Crippen LogP contribution in [-0.4, -0.2) is 28.5 Å². The molecule has 1 heterocycles. The molecule has 0 saturated carbocycles. The molecule has 2 aromatic rings. The molecule has 7 heteroatoms. The smallest absolute Gasteiger partial charge is 0.191 e. The molecule has 1 aromatic carbocycles. The zero-order valence-corrected chi connectivity index (χ0v) is 12.0. The summed E-state index contributed by atoms with van der Waals surface area (Å²) < 4.78 is 33.7. The molecule has 20 heavy (non-hydrogen) atoms. The Morgan fingerprint density at radius 1 is 1.40 bits per heavy atom. The SMILES string of the molecule is COCCn1cnnc1SC(C)c1cc(F)ccc1F. The second-order valence-electron chi connectivity index (χ2n) is 4.23. The van der Waals surface area contributed by atoms with Crippen molar-refractivity contribution in [3.8, 4) is 0 Å². The van der Waals surface area contributed by atoms with Gasteiger partial charge in [-0.05, 0) is 25.1 Å². The molecule has 1 atom stereocenters. The van der Waals surface area contributed by atoms with Gasteiger partial charge in [-0.3, -0.25) is 0 Å². The van der Waals surface area contributed by atoms with Crippen molar-refractivity contribution in [1.29, 1.82) is 0 Å². The van der Waals surface area contributed by atoms with E-state index in [0.717, 1.165) is 12.1 Å². The molecule has 0 bridgehead atoms. The number of methoxy groups -OCH3 is 1. The highest BCUT2D eigenvalue weighted by Crippen LogP contribution is 2.35. The van der Waals surface area contributed by atoms with E-state index in [2.05, 4.69) is 10.2 Å². The van der Waals surface area contributed by atoms with Crippen LogP contribution in [0.15, 0.2) is 29.7 Å². The molecule has 0 aliphatic rings. The summed E-state index contributed by atoms with van der Waals surface area (Å²) in [5.41, 5.74) is 0.316. The van der Waals surface area contributed by atoms with Crippen LogP contribution in [-0.2, 0) is 11.3 Å². The van der Waals surface area contributed by atoms with Crippen LogP contribution in [0.5, 0.6) is 0 Å². The lowest BCUT2D eigenvalue weighted by molar-refractivity contribution is 0.184. The van der Waals surface area contributed by atoms with Crippen molar-refractivity contribution < 1.29 is 13.5 Å². The first-order chi connectivity index (χ1) is 9.61.